The first-order valence-corrected chi connectivity index (χ1v) is 14.1. The van der Waals surface area contributed by atoms with Crippen LogP contribution in [0.3, 0.4) is 0 Å². The predicted molar refractivity (Wildman–Crippen MR) is 153 cm³/mol. The molecule has 1 unspecified atom stereocenters. The van der Waals surface area contributed by atoms with Crippen molar-refractivity contribution in [1.82, 2.24) is 19.8 Å². The molecule has 9 heteroatoms. The number of anilines is 2. The number of nitriles is 1. The van der Waals surface area contributed by atoms with Crippen LogP contribution in [-0.4, -0.2) is 89.6 Å². The van der Waals surface area contributed by atoms with Gasteiger partial charge in [-0.3, -0.25) is 4.90 Å². The Hall–Kier alpha value is -3.19. The van der Waals surface area contributed by atoms with Gasteiger partial charge in [0.2, 0.25) is 0 Å². The Labute approximate surface area is 232 Å². The molecule has 9 nitrogen and oxygen atoms in total. The van der Waals surface area contributed by atoms with E-state index in [1.165, 1.54) is 29.3 Å². The van der Waals surface area contributed by atoms with Crippen LogP contribution in [0.15, 0.2) is 30.9 Å². The zero-order valence-electron chi connectivity index (χ0n) is 23.5. The Morgan fingerprint density at radius 3 is 2.77 bits per heavy atom. The van der Waals surface area contributed by atoms with Crippen molar-refractivity contribution < 1.29 is 9.84 Å². The van der Waals surface area contributed by atoms with Crippen molar-refractivity contribution in [3.8, 4) is 12.1 Å². The topological polar surface area (TPSA) is 92.0 Å². The third-order valence-electron chi connectivity index (χ3n) is 8.72. The van der Waals surface area contributed by atoms with E-state index >= 15 is 0 Å². The summed E-state index contributed by atoms with van der Waals surface area (Å²) in [6.07, 6.45) is 4.23. The molecule has 2 fully saturated rings. The standard InChI is InChI=1S/C30H41N7O2/c1-5-28(38)37-17-16-36(18-23(37)11-13-31)29-25-12-15-35(27-10-6-8-21(2)22(27)3)19-26(25)32-30(33-29)39-20-24-9-7-14-34(24)4/h5-6,8,10,23-24,28,38H,1,7,9,11-12,14-20H2,2-4H3/t23-,24-,28?/m0/s1. The highest BCUT2D eigenvalue weighted by atomic mass is 16.5. The molecule has 2 aromatic rings. The summed E-state index contributed by atoms with van der Waals surface area (Å²) >= 11 is 0. The van der Waals surface area contributed by atoms with E-state index in [4.69, 9.17) is 14.7 Å². The molecule has 5 rings (SSSR count). The summed E-state index contributed by atoms with van der Waals surface area (Å²) in [4.78, 5) is 18.9. The molecule has 3 aliphatic heterocycles. The Morgan fingerprint density at radius 2 is 2.03 bits per heavy atom. The molecule has 39 heavy (non-hydrogen) atoms. The number of benzene rings is 1. The van der Waals surface area contributed by atoms with Crippen molar-refractivity contribution in [1.29, 1.82) is 5.26 Å². The van der Waals surface area contributed by atoms with Crippen molar-refractivity contribution in [2.24, 2.45) is 0 Å². The maximum atomic E-state index is 10.5. The summed E-state index contributed by atoms with van der Waals surface area (Å²) in [5.41, 5.74) is 6.00. The van der Waals surface area contributed by atoms with Gasteiger partial charge in [0.1, 0.15) is 18.7 Å². The summed E-state index contributed by atoms with van der Waals surface area (Å²) in [6, 6.07) is 9.46. The fraction of sp³-hybridized carbons (Fsp3) is 0.567. The van der Waals surface area contributed by atoms with Crippen LogP contribution >= 0.6 is 0 Å². The van der Waals surface area contributed by atoms with Crippen LogP contribution in [-0.2, 0) is 13.0 Å². The van der Waals surface area contributed by atoms with Crippen LogP contribution in [0.1, 0.15) is 41.6 Å². The lowest BCUT2D eigenvalue weighted by molar-refractivity contribution is 0.00431. The molecule has 1 aromatic carbocycles. The zero-order chi connectivity index (χ0) is 27.5. The molecule has 3 atom stereocenters. The van der Waals surface area contributed by atoms with Gasteiger partial charge in [-0.15, -0.1) is 0 Å². The second-order valence-corrected chi connectivity index (χ2v) is 11.1. The Balaban J connectivity index is 1.45. The Kier molecular flexibility index (Phi) is 8.36. The molecular weight excluding hydrogens is 490 g/mol. The summed E-state index contributed by atoms with van der Waals surface area (Å²) in [5, 5.41) is 20.0. The number of hydrogen-bond acceptors (Lipinski definition) is 9. The largest absolute Gasteiger partial charge is 0.462 e. The second kappa shape index (κ2) is 11.9. The fourth-order valence-electron chi connectivity index (χ4n) is 6.19. The highest BCUT2D eigenvalue weighted by molar-refractivity contribution is 5.60. The summed E-state index contributed by atoms with van der Waals surface area (Å²) in [5.74, 6) is 0.908. The minimum absolute atomic E-state index is 0.117. The smallest absolute Gasteiger partial charge is 0.318 e. The van der Waals surface area contributed by atoms with Crippen molar-refractivity contribution in [3.05, 3.63) is 53.2 Å². The fourth-order valence-corrected chi connectivity index (χ4v) is 6.19. The van der Waals surface area contributed by atoms with E-state index in [0.717, 1.165) is 43.0 Å². The molecule has 0 bridgehead atoms. The molecule has 208 valence electrons. The average Bonchev–Trinajstić information content (AvgIpc) is 3.36. The first-order valence-electron chi connectivity index (χ1n) is 14.1. The number of aryl methyl sites for hydroxylation is 1. The molecule has 0 aliphatic carbocycles. The van der Waals surface area contributed by atoms with E-state index in [0.29, 0.717) is 51.3 Å². The number of likely N-dealkylation sites (N-methyl/N-ethyl adjacent to an activating group) is 1. The van der Waals surface area contributed by atoms with Gasteiger partial charge in [-0.25, -0.2) is 0 Å². The summed E-state index contributed by atoms with van der Waals surface area (Å²) in [7, 11) is 2.15. The van der Waals surface area contributed by atoms with Crippen LogP contribution < -0.4 is 14.5 Å². The number of hydrogen-bond donors (Lipinski definition) is 1. The molecule has 0 saturated carbocycles. The second-order valence-electron chi connectivity index (χ2n) is 11.1. The molecule has 0 radical (unpaired) electrons. The predicted octanol–water partition coefficient (Wildman–Crippen LogP) is 3.04. The monoisotopic (exact) mass is 531 g/mol. The van der Waals surface area contributed by atoms with Gasteiger partial charge in [0, 0.05) is 49.5 Å². The molecule has 1 N–H and O–H groups in total. The minimum atomic E-state index is -0.766. The van der Waals surface area contributed by atoms with Gasteiger partial charge in [0.25, 0.3) is 0 Å². The van der Waals surface area contributed by atoms with Crippen molar-refractivity contribution in [2.45, 2.75) is 64.4 Å². The lowest BCUT2D eigenvalue weighted by Crippen LogP contribution is -2.56. The molecule has 0 spiro atoms. The number of likely N-dealkylation sites (tertiary alicyclic amines) is 1. The van der Waals surface area contributed by atoms with E-state index in [2.05, 4.69) is 66.4 Å². The Bertz CT molecular complexity index is 1230. The summed E-state index contributed by atoms with van der Waals surface area (Å²) in [6.45, 7) is 13.3. The van der Waals surface area contributed by atoms with Gasteiger partial charge in [-0.1, -0.05) is 18.7 Å². The van der Waals surface area contributed by atoms with Crippen LogP contribution in [0.4, 0.5) is 11.5 Å². The number of nitrogens with zero attached hydrogens (tertiary/aromatic N) is 7. The Morgan fingerprint density at radius 1 is 1.18 bits per heavy atom. The van der Waals surface area contributed by atoms with Gasteiger partial charge in [0.05, 0.1) is 24.7 Å². The van der Waals surface area contributed by atoms with Crippen molar-refractivity contribution in [3.63, 3.8) is 0 Å². The van der Waals surface area contributed by atoms with Gasteiger partial charge >= 0.3 is 6.01 Å². The number of aliphatic hydroxyl groups is 1. The lowest BCUT2D eigenvalue weighted by Gasteiger charge is -2.43. The number of rotatable bonds is 8. The van der Waals surface area contributed by atoms with Gasteiger partial charge < -0.3 is 24.5 Å². The molecule has 3 aliphatic rings. The third kappa shape index (κ3) is 5.74. The number of ether oxygens (including phenoxy) is 1. The maximum absolute atomic E-state index is 10.5. The van der Waals surface area contributed by atoms with Gasteiger partial charge in [-0.05, 0) is 70.0 Å². The van der Waals surface area contributed by atoms with E-state index in [1.807, 2.05) is 4.90 Å². The first-order chi connectivity index (χ1) is 18.9. The summed E-state index contributed by atoms with van der Waals surface area (Å²) < 4.78 is 6.27. The third-order valence-corrected chi connectivity index (χ3v) is 8.72. The van der Waals surface area contributed by atoms with Gasteiger partial charge in [0.15, 0.2) is 0 Å². The van der Waals surface area contributed by atoms with Crippen LogP contribution in [0.2, 0.25) is 0 Å². The van der Waals surface area contributed by atoms with Crippen LogP contribution in [0, 0.1) is 25.2 Å². The highest BCUT2D eigenvalue weighted by Crippen LogP contribution is 2.34. The first kappa shape index (κ1) is 27.4. The minimum Gasteiger partial charge on any atom is -0.462 e. The van der Waals surface area contributed by atoms with Gasteiger partial charge in [-0.2, -0.15) is 15.2 Å². The molecule has 2 saturated heterocycles. The molecular formula is C30H41N7O2. The van der Waals surface area contributed by atoms with Crippen LogP contribution in [0.25, 0.3) is 0 Å². The van der Waals surface area contributed by atoms with E-state index in [9.17, 15) is 10.4 Å². The number of fused-ring (bicyclic) bond motifs is 1. The number of piperazine rings is 1. The van der Waals surface area contributed by atoms with E-state index < -0.39 is 6.23 Å². The molecule has 1 aromatic heterocycles. The zero-order valence-corrected chi connectivity index (χ0v) is 23.5. The van der Waals surface area contributed by atoms with E-state index in [-0.39, 0.29) is 6.04 Å². The van der Waals surface area contributed by atoms with Crippen LogP contribution in [0.5, 0.6) is 6.01 Å². The SMILES string of the molecule is C=CC(O)N1CCN(c2nc(OC[C@@H]3CCCN3C)nc3c2CCN(c2cccc(C)c2C)C3)C[C@@H]1CC#N. The maximum Gasteiger partial charge on any atom is 0.318 e. The van der Waals surface area contributed by atoms with Crippen molar-refractivity contribution >= 4 is 11.5 Å². The normalized spacial score (nSPS) is 22.8. The average molecular weight is 532 g/mol. The van der Waals surface area contributed by atoms with E-state index in [1.54, 1.807) is 0 Å². The number of aromatic nitrogens is 2. The molecule has 0 amide bonds. The quantitative estimate of drug-likeness (QED) is 0.516. The highest BCUT2D eigenvalue weighted by Gasteiger charge is 2.34. The molecule has 4 heterocycles. The number of aliphatic hydroxyl groups excluding tert-OH is 1. The lowest BCUT2D eigenvalue weighted by atomic mass is 10.0. The van der Waals surface area contributed by atoms with Crippen molar-refractivity contribution in [2.75, 3.05) is 56.2 Å².